The van der Waals surface area contributed by atoms with Crippen LogP contribution in [0.1, 0.15) is 45.6 Å². The SMILES string of the molecule is CC(=O)CCCc1ccc(N2C(=O)CC(C(C)C)C2=O)cc1. The van der Waals surface area contributed by atoms with Gasteiger partial charge < -0.3 is 4.79 Å². The minimum absolute atomic E-state index is 0.0932. The molecule has 1 heterocycles. The lowest BCUT2D eigenvalue weighted by atomic mass is 9.94. The number of aryl methyl sites for hydroxylation is 1. The molecule has 1 unspecified atom stereocenters. The number of imide groups is 1. The highest BCUT2D eigenvalue weighted by atomic mass is 16.2. The first-order valence-corrected chi connectivity index (χ1v) is 7.85. The Kier molecular flexibility index (Phi) is 5.11. The molecule has 1 aliphatic heterocycles. The molecule has 1 aliphatic rings. The minimum atomic E-state index is -0.206. The van der Waals surface area contributed by atoms with Crippen molar-refractivity contribution < 1.29 is 14.4 Å². The van der Waals surface area contributed by atoms with Gasteiger partial charge in [-0.25, -0.2) is 0 Å². The third-order valence-corrected chi connectivity index (χ3v) is 4.18. The predicted molar refractivity (Wildman–Crippen MR) is 85.5 cm³/mol. The van der Waals surface area contributed by atoms with E-state index in [1.807, 2.05) is 38.1 Å². The Bertz CT molecular complexity index is 574. The number of carbonyl (C=O) groups excluding carboxylic acids is 3. The maximum Gasteiger partial charge on any atom is 0.237 e. The fourth-order valence-electron chi connectivity index (χ4n) is 2.80. The summed E-state index contributed by atoms with van der Waals surface area (Å²) in [5, 5.41) is 0. The molecule has 0 N–H and O–H groups in total. The molecule has 0 aliphatic carbocycles. The monoisotopic (exact) mass is 301 g/mol. The lowest BCUT2D eigenvalue weighted by Crippen LogP contribution is -2.31. The zero-order valence-corrected chi connectivity index (χ0v) is 13.5. The summed E-state index contributed by atoms with van der Waals surface area (Å²) in [5.74, 6) is -0.0444. The van der Waals surface area contributed by atoms with Crippen molar-refractivity contribution in [3.63, 3.8) is 0 Å². The number of nitrogens with zero attached hydrogens (tertiary/aromatic N) is 1. The summed E-state index contributed by atoms with van der Waals surface area (Å²) < 4.78 is 0. The van der Waals surface area contributed by atoms with E-state index in [2.05, 4.69) is 0 Å². The molecule has 22 heavy (non-hydrogen) atoms. The Balaban J connectivity index is 2.05. The first-order chi connectivity index (χ1) is 10.4. The number of anilines is 1. The number of benzene rings is 1. The van der Waals surface area contributed by atoms with Crippen LogP contribution in [0.2, 0.25) is 0 Å². The van der Waals surface area contributed by atoms with Gasteiger partial charge in [0.1, 0.15) is 5.78 Å². The van der Waals surface area contributed by atoms with E-state index < -0.39 is 0 Å². The molecule has 1 fully saturated rings. The molecule has 0 spiro atoms. The summed E-state index contributed by atoms with van der Waals surface area (Å²) >= 11 is 0. The van der Waals surface area contributed by atoms with Crippen molar-refractivity contribution in [1.29, 1.82) is 0 Å². The van der Waals surface area contributed by atoms with Gasteiger partial charge in [-0.05, 0) is 43.4 Å². The van der Waals surface area contributed by atoms with Gasteiger partial charge in [0, 0.05) is 12.8 Å². The molecule has 1 aromatic carbocycles. The lowest BCUT2D eigenvalue weighted by Gasteiger charge is -2.16. The van der Waals surface area contributed by atoms with E-state index in [4.69, 9.17) is 0 Å². The number of ketones is 1. The minimum Gasteiger partial charge on any atom is -0.300 e. The van der Waals surface area contributed by atoms with E-state index in [-0.39, 0.29) is 29.4 Å². The number of amides is 2. The molecular formula is C18H23NO3. The van der Waals surface area contributed by atoms with Crippen LogP contribution in [0.3, 0.4) is 0 Å². The van der Waals surface area contributed by atoms with Crippen LogP contribution < -0.4 is 4.90 Å². The van der Waals surface area contributed by atoms with E-state index in [1.165, 1.54) is 4.90 Å². The second-order valence-corrected chi connectivity index (χ2v) is 6.34. The Morgan fingerprint density at radius 1 is 1.23 bits per heavy atom. The van der Waals surface area contributed by atoms with E-state index >= 15 is 0 Å². The average Bonchev–Trinajstić information content (AvgIpc) is 2.75. The van der Waals surface area contributed by atoms with Crippen molar-refractivity contribution in [1.82, 2.24) is 0 Å². The van der Waals surface area contributed by atoms with Crippen LogP contribution in [0, 0.1) is 11.8 Å². The molecule has 4 heteroatoms. The third kappa shape index (κ3) is 3.62. The molecular weight excluding hydrogens is 278 g/mol. The summed E-state index contributed by atoms with van der Waals surface area (Å²) in [6.45, 7) is 5.54. The summed E-state index contributed by atoms with van der Waals surface area (Å²) in [7, 11) is 0. The second-order valence-electron chi connectivity index (χ2n) is 6.34. The molecule has 1 aromatic rings. The highest BCUT2D eigenvalue weighted by Gasteiger charge is 2.40. The number of hydrogen-bond donors (Lipinski definition) is 0. The zero-order chi connectivity index (χ0) is 16.3. The number of Topliss-reactive ketones (excluding diaryl/α,β-unsaturated/α-hetero) is 1. The van der Waals surface area contributed by atoms with E-state index in [9.17, 15) is 14.4 Å². The molecule has 0 aromatic heterocycles. The molecule has 4 nitrogen and oxygen atoms in total. The fourth-order valence-corrected chi connectivity index (χ4v) is 2.80. The average molecular weight is 301 g/mol. The second kappa shape index (κ2) is 6.86. The first kappa shape index (κ1) is 16.4. The summed E-state index contributed by atoms with van der Waals surface area (Å²) in [6.07, 6.45) is 2.54. The van der Waals surface area contributed by atoms with Gasteiger partial charge in [0.2, 0.25) is 11.8 Å². The largest absolute Gasteiger partial charge is 0.300 e. The molecule has 118 valence electrons. The number of hydrogen-bond acceptors (Lipinski definition) is 3. The van der Waals surface area contributed by atoms with Crippen LogP contribution in [-0.4, -0.2) is 17.6 Å². The lowest BCUT2D eigenvalue weighted by molar-refractivity contribution is -0.123. The molecule has 0 bridgehead atoms. The van der Waals surface area contributed by atoms with Gasteiger partial charge in [-0.1, -0.05) is 26.0 Å². The number of rotatable bonds is 6. The topological polar surface area (TPSA) is 54.5 Å². The molecule has 1 atom stereocenters. The van der Waals surface area contributed by atoms with Crippen molar-refractivity contribution in [2.75, 3.05) is 4.90 Å². The van der Waals surface area contributed by atoms with Crippen molar-refractivity contribution in [2.45, 2.75) is 46.5 Å². The molecule has 0 radical (unpaired) electrons. The van der Waals surface area contributed by atoms with Gasteiger partial charge in [-0.15, -0.1) is 0 Å². The van der Waals surface area contributed by atoms with Gasteiger partial charge >= 0.3 is 0 Å². The standard InChI is InChI=1S/C18H23NO3/c1-12(2)16-11-17(21)19(18(16)22)15-9-7-14(8-10-15)6-4-5-13(3)20/h7-10,12,16H,4-6,11H2,1-3H3. The van der Waals surface area contributed by atoms with Crippen LogP contribution >= 0.6 is 0 Å². The normalized spacial score (nSPS) is 18.4. The summed E-state index contributed by atoms with van der Waals surface area (Å²) in [5.41, 5.74) is 1.76. The maximum absolute atomic E-state index is 12.4. The Morgan fingerprint density at radius 2 is 1.86 bits per heavy atom. The molecule has 0 saturated carbocycles. The molecule has 2 amide bonds. The Morgan fingerprint density at radius 3 is 2.36 bits per heavy atom. The van der Waals surface area contributed by atoms with Crippen LogP contribution in [0.5, 0.6) is 0 Å². The van der Waals surface area contributed by atoms with Crippen molar-refractivity contribution in [3.8, 4) is 0 Å². The zero-order valence-electron chi connectivity index (χ0n) is 13.5. The highest BCUT2D eigenvalue weighted by Crippen LogP contribution is 2.30. The van der Waals surface area contributed by atoms with Crippen molar-refractivity contribution in [3.05, 3.63) is 29.8 Å². The predicted octanol–water partition coefficient (Wildman–Crippen LogP) is 3.13. The summed E-state index contributed by atoms with van der Waals surface area (Å²) in [6, 6.07) is 7.50. The quantitative estimate of drug-likeness (QED) is 0.759. The van der Waals surface area contributed by atoms with E-state index in [0.29, 0.717) is 18.5 Å². The third-order valence-electron chi connectivity index (χ3n) is 4.18. The van der Waals surface area contributed by atoms with Gasteiger partial charge in [0.25, 0.3) is 0 Å². The van der Waals surface area contributed by atoms with Crippen LogP contribution in [-0.2, 0) is 20.8 Å². The van der Waals surface area contributed by atoms with Crippen LogP contribution in [0.4, 0.5) is 5.69 Å². The number of carbonyl (C=O) groups is 3. The fraction of sp³-hybridized carbons (Fsp3) is 0.500. The van der Waals surface area contributed by atoms with Crippen molar-refractivity contribution in [2.24, 2.45) is 11.8 Å². The maximum atomic E-state index is 12.4. The van der Waals surface area contributed by atoms with E-state index in [0.717, 1.165) is 18.4 Å². The first-order valence-electron chi connectivity index (χ1n) is 7.85. The smallest absolute Gasteiger partial charge is 0.237 e. The van der Waals surface area contributed by atoms with Crippen molar-refractivity contribution >= 4 is 23.3 Å². The van der Waals surface area contributed by atoms with Gasteiger partial charge in [0.15, 0.2) is 0 Å². The highest BCUT2D eigenvalue weighted by molar-refractivity contribution is 6.20. The molecule has 2 rings (SSSR count). The van der Waals surface area contributed by atoms with Gasteiger partial charge in [0.05, 0.1) is 11.6 Å². The van der Waals surface area contributed by atoms with Gasteiger partial charge in [-0.2, -0.15) is 0 Å². The van der Waals surface area contributed by atoms with Crippen LogP contribution in [0.25, 0.3) is 0 Å². The molecule has 1 saturated heterocycles. The Hall–Kier alpha value is -1.97. The summed E-state index contributed by atoms with van der Waals surface area (Å²) in [4.78, 5) is 36.7. The van der Waals surface area contributed by atoms with E-state index in [1.54, 1.807) is 6.92 Å². The van der Waals surface area contributed by atoms with Gasteiger partial charge in [-0.3, -0.25) is 14.5 Å². The Labute approximate surface area is 131 Å². The van der Waals surface area contributed by atoms with Crippen LogP contribution in [0.15, 0.2) is 24.3 Å².